The second-order valence-corrected chi connectivity index (χ2v) is 10.5. The number of thiophene rings is 1. The van der Waals surface area contributed by atoms with E-state index in [2.05, 4.69) is 5.32 Å². The van der Waals surface area contributed by atoms with Crippen LogP contribution < -0.4 is 10.1 Å². The summed E-state index contributed by atoms with van der Waals surface area (Å²) in [4.78, 5) is 12.8. The van der Waals surface area contributed by atoms with Gasteiger partial charge in [0.15, 0.2) is 5.81 Å². The van der Waals surface area contributed by atoms with E-state index in [0.29, 0.717) is 12.2 Å². The Bertz CT molecular complexity index is 902. The Morgan fingerprint density at radius 3 is 2.40 bits per heavy atom. The summed E-state index contributed by atoms with van der Waals surface area (Å²) < 4.78 is 32.9. The smallest absolute Gasteiger partial charge is 0.243 e. The van der Waals surface area contributed by atoms with E-state index < -0.39 is 22.2 Å². The van der Waals surface area contributed by atoms with E-state index >= 15 is 0 Å². The average molecular weight is 452 g/mol. The van der Waals surface area contributed by atoms with Crippen molar-refractivity contribution in [2.45, 2.75) is 37.3 Å². The topological polar surface area (TPSA) is 95.9 Å². The van der Waals surface area contributed by atoms with E-state index in [1.54, 1.807) is 12.1 Å². The Morgan fingerprint density at radius 2 is 1.90 bits per heavy atom. The molecule has 2 rings (SSSR count). The molecular weight excluding hydrogens is 423 g/mol. The SMILES string of the molecule is BC(=O)N[C@H](Cc1cccs1)[C@@H](O)CN(CC(C)C)S(=O)(=O)c1ccc(OC)cc1. The summed E-state index contributed by atoms with van der Waals surface area (Å²) in [5.41, 5.74) is 0. The number of methoxy groups -OCH3 is 1. The second kappa shape index (κ2) is 10.9. The van der Waals surface area contributed by atoms with E-state index in [1.165, 1.54) is 42.7 Å². The molecule has 0 spiro atoms. The number of aliphatic hydroxyl groups is 1. The summed E-state index contributed by atoms with van der Waals surface area (Å²) >= 11 is 1.53. The lowest BCUT2D eigenvalue weighted by atomic mass is 10.0. The van der Waals surface area contributed by atoms with Crippen molar-refractivity contribution in [1.29, 1.82) is 0 Å². The number of hydrogen-bond acceptors (Lipinski definition) is 6. The van der Waals surface area contributed by atoms with Crippen molar-refractivity contribution in [3.8, 4) is 5.75 Å². The van der Waals surface area contributed by atoms with Crippen LogP contribution in [0.5, 0.6) is 5.75 Å². The molecule has 164 valence electrons. The first kappa shape index (κ1) is 24.4. The molecule has 7 nitrogen and oxygen atoms in total. The number of nitrogens with one attached hydrogen (secondary N) is 1. The van der Waals surface area contributed by atoms with Gasteiger partial charge in [-0.05, 0) is 41.6 Å². The first-order chi connectivity index (χ1) is 14.1. The zero-order chi connectivity index (χ0) is 22.3. The normalized spacial score (nSPS) is 13.9. The molecule has 2 atom stereocenters. The fourth-order valence-corrected chi connectivity index (χ4v) is 5.49. The van der Waals surface area contributed by atoms with Gasteiger partial charge in [-0.3, -0.25) is 4.79 Å². The lowest BCUT2D eigenvalue weighted by molar-refractivity contribution is 0.106. The fourth-order valence-electron chi connectivity index (χ4n) is 3.10. The van der Waals surface area contributed by atoms with Gasteiger partial charge in [0.1, 0.15) is 5.75 Å². The van der Waals surface area contributed by atoms with Gasteiger partial charge in [0, 0.05) is 24.4 Å². The van der Waals surface area contributed by atoms with Gasteiger partial charge in [0.05, 0.1) is 24.2 Å². The summed E-state index contributed by atoms with van der Waals surface area (Å²) in [5, 5.41) is 15.6. The van der Waals surface area contributed by atoms with E-state index in [-0.39, 0.29) is 29.7 Å². The number of benzene rings is 1. The zero-order valence-corrected chi connectivity index (χ0v) is 19.4. The molecule has 0 fully saturated rings. The van der Waals surface area contributed by atoms with Crippen molar-refractivity contribution < 1.29 is 23.1 Å². The standard InChI is InChI=1S/C20H29BN2O5S2/c1-14(2)12-23(30(26,27)17-8-6-15(28-3)7-9-17)13-19(24)18(22-20(21)25)11-16-5-4-10-29-16/h4-10,14,18-19,24H,11-13,21H2,1-3H3,(H,22,25)/t18-,19+/m1/s1. The Balaban J connectivity index is 2.26. The Labute approximate surface area is 183 Å². The first-order valence-electron chi connectivity index (χ1n) is 9.75. The van der Waals surface area contributed by atoms with Gasteiger partial charge >= 0.3 is 0 Å². The molecule has 0 aliphatic carbocycles. The average Bonchev–Trinajstić information content (AvgIpc) is 3.19. The third kappa shape index (κ3) is 6.83. The number of carbonyl (C=O) groups is 1. The Morgan fingerprint density at radius 1 is 1.23 bits per heavy atom. The maximum Gasteiger partial charge on any atom is 0.243 e. The minimum absolute atomic E-state index is 0.0572. The van der Waals surface area contributed by atoms with Crippen LogP contribution in [-0.2, 0) is 16.4 Å². The quantitative estimate of drug-likeness (QED) is 0.507. The fraction of sp³-hybridized carbons (Fsp3) is 0.450. The number of hydrogen-bond donors (Lipinski definition) is 2. The van der Waals surface area contributed by atoms with Gasteiger partial charge in [-0.2, -0.15) is 4.31 Å². The minimum atomic E-state index is -3.83. The van der Waals surface area contributed by atoms with Crippen LogP contribution in [0.1, 0.15) is 18.7 Å². The largest absolute Gasteiger partial charge is 0.497 e. The van der Waals surface area contributed by atoms with E-state index in [9.17, 15) is 18.3 Å². The summed E-state index contributed by atoms with van der Waals surface area (Å²) in [6, 6.07) is 9.39. The van der Waals surface area contributed by atoms with Crippen LogP contribution in [0.3, 0.4) is 0 Å². The molecule has 0 aliphatic rings. The predicted molar refractivity (Wildman–Crippen MR) is 121 cm³/mol. The molecule has 30 heavy (non-hydrogen) atoms. The number of rotatable bonds is 11. The Kier molecular flexibility index (Phi) is 8.90. The van der Waals surface area contributed by atoms with Crippen LogP contribution in [0.4, 0.5) is 4.79 Å². The molecule has 2 aromatic rings. The van der Waals surface area contributed by atoms with Crippen LogP contribution in [0.15, 0.2) is 46.7 Å². The van der Waals surface area contributed by atoms with Gasteiger partial charge in [-0.25, -0.2) is 8.42 Å². The first-order valence-corrected chi connectivity index (χ1v) is 12.1. The molecule has 2 N–H and O–H groups in total. The predicted octanol–water partition coefficient (Wildman–Crippen LogP) is 1.72. The molecule has 0 bridgehead atoms. The minimum Gasteiger partial charge on any atom is -0.497 e. The van der Waals surface area contributed by atoms with Crippen molar-refractivity contribution in [3.63, 3.8) is 0 Å². The molecule has 1 aromatic heterocycles. The van der Waals surface area contributed by atoms with Crippen LogP contribution in [-0.4, -0.2) is 63.8 Å². The van der Waals surface area contributed by atoms with Crippen molar-refractivity contribution in [2.24, 2.45) is 5.92 Å². The highest BCUT2D eigenvalue weighted by Crippen LogP contribution is 2.22. The summed E-state index contributed by atoms with van der Waals surface area (Å²) in [6.07, 6.45) is -0.640. The van der Waals surface area contributed by atoms with Crippen LogP contribution >= 0.6 is 11.3 Å². The van der Waals surface area contributed by atoms with Gasteiger partial charge in [-0.15, -0.1) is 11.3 Å². The molecule has 1 heterocycles. The number of amides is 1. The maximum absolute atomic E-state index is 13.3. The third-order valence-corrected chi connectivity index (χ3v) is 7.26. The molecule has 0 radical (unpaired) electrons. The van der Waals surface area contributed by atoms with Crippen molar-refractivity contribution in [3.05, 3.63) is 46.7 Å². The molecule has 0 unspecified atom stereocenters. The third-order valence-electron chi connectivity index (χ3n) is 4.51. The number of carbonyl (C=O) groups excluding carboxylic acids is 1. The molecule has 1 amide bonds. The van der Waals surface area contributed by atoms with Crippen molar-refractivity contribution >= 4 is 35.0 Å². The van der Waals surface area contributed by atoms with E-state index in [0.717, 1.165) is 4.88 Å². The highest BCUT2D eigenvalue weighted by Gasteiger charge is 2.31. The summed E-state index contributed by atoms with van der Waals surface area (Å²) in [5.74, 6) is 0.344. The van der Waals surface area contributed by atoms with E-state index in [1.807, 2.05) is 31.4 Å². The highest BCUT2D eigenvalue weighted by atomic mass is 32.2. The van der Waals surface area contributed by atoms with Crippen LogP contribution in [0, 0.1) is 5.92 Å². The summed E-state index contributed by atoms with van der Waals surface area (Å²) in [7, 11) is -0.935. The van der Waals surface area contributed by atoms with Crippen LogP contribution in [0.2, 0.25) is 0 Å². The molecule has 1 aromatic carbocycles. The summed E-state index contributed by atoms with van der Waals surface area (Å²) in [6.45, 7) is 3.96. The number of sulfonamides is 1. The molecular formula is C20H29BN2O5S2. The van der Waals surface area contributed by atoms with Crippen molar-refractivity contribution in [2.75, 3.05) is 20.2 Å². The molecule has 10 heteroatoms. The van der Waals surface area contributed by atoms with Gasteiger partial charge in [0.25, 0.3) is 0 Å². The lowest BCUT2D eigenvalue weighted by Crippen LogP contribution is -2.50. The number of aliphatic hydroxyl groups excluding tert-OH is 1. The maximum atomic E-state index is 13.3. The second-order valence-electron chi connectivity index (χ2n) is 7.55. The molecule has 0 saturated heterocycles. The lowest BCUT2D eigenvalue weighted by Gasteiger charge is -2.30. The Hall–Kier alpha value is -1.88. The van der Waals surface area contributed by atoms with Gasteiger partial charge < -0.3 is 15.2 Å². The zero-order valence-electron chi connectivity index (χ0n) is 17.7. The highest BCUT2D eigenvalue weighted by molar-refractivity contribution is 7.89. The van der Waals surface area contributed by atoms with Gasteiger partial charge in [-0.1, -0.05) is 19.9 Å². The van der Waals surface area contributed by atoms with Gasteiger partial charge in [0.2, 0.25) is 17.9 Å². The van der Waals surface area contributed by atoms with Crippen molar-refractivity contribution in [1.82, 2.24) is 9.62 Å². The monoisotopic (exact) mass is 452 g/mol. The molecule has 0 saturated carbocycles. The molecule has 0 aliphatic heterocycles. The van der Waals surface area contributed by atoms with Crippen LogP contribution in [0.25, 0.3) is 0 Å². The number of nitrogens with zero attached hydrogens (tertiary/aromatic N) is 1. The number of ether oxygens (including phenoxy) is 1. The van der Waals surface area contributed by atoms with E-state index in [4.69, 9.17) is 4.74 Å².